The molecule has 0 radical (unpaired) electrons. The smallest absolute Gasteiger partial charge is 0.310 e. The molecule has 0 bridgehead atoms. The van der Waals surface area contributed by atoms with Crippen LogP contribution >= 0.6 is 0 Å². The molecule has 1 atom stereocenters. The summed E-state index contributed by atoms with van der Waals surface area (Å²) in [5.41, 5.74) is 7.33. The second kappa shape index (κ2) is 12.5. The van der Waals surface area contributed by atoms with Crippen molar-refractivity contribution in [1.82, 2.24) is 0 Å². The Balaban J connectivity index is 2.72. The van der Waals surface area contributed by atoms with Crippen LogP contribution in [0.5, 0.6) is 0 Å². The molecule has 0 fully saturated rings. The molecule has 1 unspecified atom stereocenters. The van der Waals surface area contributed by atoms with Crippen LogP contribution in [0, 0.1) is 0 Å². The van der Waals surface area contributed by atoms with Crippen molar-refractivity contribution in [2.75, 3.05) is 5.32 Å². The van der Waals surface area contributed by atoms with E-state index in [1.165, 1.54) is 0 Å². The van der Waals surface area contributed by atoms with Gasteiger partial charge in [-0.25, -0.2) is 0 Å². The lowest BCUT2D eigenvalue weighted by Crippen LogP contribution is -2.16. The first-order valence-corrected chi connectivity index (χ1v) is 12.6. The zero-order chi connectivity index (χ0) is 27.2. The summed E-state index contributed by atoms with van der Waals surface area (Å²) in [6, 6.07) is 11.8. The van der Waals surface area contributed by atoms with E-state index in [0.29, 0.717) is 28.2 Å². The zero-order valence-electron chi connectivity index (χ0n) is 22.8. The fourth-order valence-corrected chi connectivity index (χ4v) is 4.39. The van der Waals surface area contributed by atoms with Gasteiger partial charge in [-0.2, -0.15) is 0 Å². The Kier molecular flexibility index (Phi) is 10.0. The number of nitrogens with zero attached hydrogens (tertiary/aromatic N) is 1. The highest BCUT2D eigenvalue weighted by Crippen LogP contribution is 2.35. The molecule has 2 aromatic carbocycles. The number of aliphatic imine (C=N–C) groups is 1. The van der Waals surface area contributed by atoms with Crippen LogP contribution in [0.25, 0.3) is 0 Å². The molecule has 0 saturated carbocycles. The first-order chi connectivity index (χ1) is 16.9. The van der Waals surface area contributed by atoms with Crippen molar-refractivity contribution in [3.05, 3.63) is 69.9 Å². The van der Waals surface area contributed by atoms with Crippen LogP contribution in [-0.2, 0) is 16.0 Å². The minimum Gasteiger partial charge on any atom is -0.481 e. The van der Waals surface area contributed by atoms with Gasteiger partial charge >= 0.3 is 11.9 Å². The molecule has 3 N–H and O–H groups in total. The number of aryl methyl sites for hydroxylation is 1. The molecule has 6 nitrogen and oxygen atoms in total. The minimum absolute atomic E-state index is 0.143. The van der Waals surface area contributed by atoms with E-state index in [4.69, 9.17) is 4.99 Å². The Labute approximate surface area is 215 Å². The summed E-state index contributed by atoms with van der Waals surface area (Å²) in [4.78, 5) is 28.7. The van der Waals surface area contributed by atoms with Gasteiger partial charge in [-0.3, -0.25) is 14.6 Å². The number of para-hydroxylation sites is 2. The number of hydrogen-bond donors (Lipinski definition) is 3. The van der Waals surface area contributed by atoms with Crippen molar-refractivity contribution in [2.24, 2.45) is 4.99 Å². The maximum atomic E-state index is 11.9. The van der Waals surface area contributed by atoms with Crippen molar-refractivity contribution in [2.45, 2.75) is 86.0 Å². The maximum absolute atomic E-state index is 11.9. The second-order valence-corrected chi connectivity index (χ2v) is 9.89. The number of carboxylic acid groups (broad SMARTS) is 2. The number of nitrogens with one attached hydrogen (secondary N) is 1. The SMILES string of the molecule is CCc1cccc(C(C)C)c1N=C(C)C(CC(=O)O)=C(C)Nc1c(C(C)C)cccc1C(C)C(=O)O. The van der Waals surface area contributed by atoms with Gasteiger partial charge in [0.05, 0.1) is 18.0 Å². The lowest BCUT2D eigenvalue weighted by molar-refractivity contribution is -0.138. The molecule has 6 heteroatoms. The van der Waals surface area contributed by atoms with Crippen LogP contribution in [0.1, 0.15) is 102 Å². The lowest BCUT2D eigenvalue weighted by Gasteiger charge is -2.23. The number of carbonyl (C=O) groups is 2. The summed E-state index contributed by atoms with van der Waals surface area (Å²) in [5, 5.41) is 22.8. The molecular weight excluding hydrogens is 452 g/mol. The number of hydrogen-bond acceptors (Lipinski definition) is 4. The molecule has 0 aromatic heterocycles. The third-order valence-electron chi connectivity index (χ3n) is 6.55. The number of allylic oxidation sites excluding steroid dienone is 1. The van der Waals surface area contributed by atoms with Gasteiger partial charge in [0.25, 0.3) is 0 Å². The Morgan fingerprint density at radius 3 is 1.97 bits per heavy atom. The van der Waals surface area contributed by atoms with Gasteiger partial charge < -0.3 is 15.5 Å². The Hall–Kier alpha value is -3.41. The van der Waals surface area contributed by atoms with Gasteiger partial charge in [0.2, 0.25) is 0 Å². The third kappa shape index (κ3) is 6.84. The van der Waals surface area contributed by atoms with Gasteiger partial charge in [-0.05, 0) is 61.3 Å². The standard InChI is InChI=1S/C30H40N2O4/c1-9-22-12-10-13-23(17(2)3)28(22)31-20(7)26(16-27(33)34)21(8)32-29-24(18(4)5)14-11-15-25(29)19(6)30(35)36/h10-15,17-19,32H,9,16H2,1-8H3,(H,33,34)(H,35,36). The topological polar surface area (TPSA) is 99.0 Å². The van der Waals surface area contributed by atoms with Crippen LogP contribution in [0.15, 0.2) is 52.7 Å². The molecular formula is C30H40N2O4. The maximum Gasteiger partial charge on any atom is 0.310 e. The lowest BCUT2D eigenvalue weighted by atomic mass is 9.91. The van der Waals surface area contributed by atoms with E-state index in [-0.39, 0.29) is 18.3 Å². The van der Waals surface area contributed by atoms with E-state index in [1.807, 2.05) is 38.1 Å². The van der Waals surface area contributed by atoms with Gasteiger partial charge in [-0.1, -0.05) is 71.0 Å². The largest absolute Gasteiger partial charge is 0.481 e. The molecule has 194 valence electrons. The summed E-state index contributed by atoms with van der Waals surface area (Å²) in [6.07, 6.45) is 0.618. The molecule has 36 heavy (non-hydrogen) atoms. The average Bonchev–Trinajstić information content (AvgIpc) is 2.81. The fourth-order valence-electron chi connectivity index (χ4n) is 4.39. The third-order valence-corrected chi connectivity index (χ3v) is 6.55. The molecule has 0 aliphatic rings. The quantitative estimate of drug-likeness (QED) is 0.280. The van der Waals surface area contributed by atoms with Crippen molar-refractivity contribution in [1.29, 1.82) is 0 Å². The normalized spacial score (nSPS) is 13.6. The summed E-state index contributed by atoms with van der Waals surface area (Å²) in [5.74, 6) is -2.18. The van der Waals surface area contributed by atoms with Crippen LogP contribution in [-0.4, -0.2) is 27.9 Å². The van der Waals surface area contributed by atoms with Crippen LogP contribution in [0.3, 0.4) is 0 Å². The minimum atomic E-state index is -0.954. The van der Waals surface area contributed by atoms with Crippen LogP contribution in [0.4, 0.5) is 11.4 Å². The molecule has 2 rings (SSSR count). The van der Waals surface area contributed by atoms with E-state index < -0.39 is 17.9 Å². The average molecular weight is 493 g/mol. The summed E-state index contributed by atoms with van der Waals surface area (Å²) in [7, 11) is 0. The highest BCUT2D eigenvalue weighted by Gasteiger charge is 2.22. The highest BCUT2D eigenvalue weighted by atomic mass is 16.4. The Morgan fingerprint density at radius 1 is 0.889 bits per heavy atom. The molecule has 0 amide bonds. The van der Waals surface area contributed by atoms with Crippen LogP contribution < -0.4 is 5.32 Å². The van der Waals surface area contributed by atoms with E-state index in [1.54, 1.807) is 6.92 Å². The summed E-state index contributed by atoms with van der Waals surface area (Å²) >= 11 is 0. The highest BCUT2D eigenvalue weighted by molar-refractivity contribution is 6.04. The first-order valence-electron chi connectivity index (χ1n) is 12.6. The number of benzene rings is 2. The van der Waals surface area contributed by atoms with Crippen molar-refractivity contribution >= 4 is 29.0 Å². The fraction of sp³-hybridized carbons (Fsp3) is 0.433. The zero-order valence-corrected chi connectivity index (χ0v) is 22.8. The van der Waals surface area contributed by atoms with Crippen molar-refractivity contribution < 1.29 is 19.8 Å². The Morgan fingerprint density at radius 2 is 1.44 bits per heavy atom. The van der Waals surface area contributed by atoms with Gasteiger partial charge in [0.15, 0.2) is 0 Å². The van der Waals surface area contributed by atoms with Gasteiger partial charge in [0, 0.05) is 22.7 Å². The van der Waals surface area contributed by atoms with E-state index in [9.17, 15) is 19.8 Å². The number of carboxylic acids is 2. The molecule has 0 aliphatic carbocycles. The molecule has 0 saturated heterocycles. The van der Waals surface area contributed by atoms with Gasteiger partial charge in [-0.15, -0.1) is 0 Å². The van der Waals surface area contributed by atoms with Gasteiger partial charge in [0.1, 0.15) is 0 Å². The number of anilines is 1. The second-order valence-electron chi connectivity index (χ2n) is 9.89. The number of rotatable bonds is 11. The van der Waals surface area contributed by atoms with Crippen LogP contribution in [0.2, 0.25) is 0 Å². The predicted molar refractivity (Wildman–Crippen MR) is 148 cm³/mol. The van der Waals surface area contributed by atoms with Crippen molar-refractivity contribution in [3.63, 3.8) is 0 Å². The first kappa shape index (κ1) is 28.8. The molecule has 0 aliphatic heterocycles. The monoisotopic (exact) mass is 492 g/mol. The summed E-state index contributed by atoms with van der Waals surface area (Å²) in [6.45, 7) is 15.8. The van der Waals surface area contributed by atoms with E-state index in [0.717, 1.165) is 28.8 Å². The van der Waals surface area contributed by atoms with E-state index >= 15 is 0 Å². The summed E-state index contributed by atoms with van der Waals surface area (Å²) < 4.78 is 0. The molecule has 0 heterocycles. The molecule has 2 aromatic rings. The van der Waals surface area contributed by atoms with E-state index in [2.05, 4.69) is 52.1 Å². The van der Waals surface area contributed by atoms with Crippen molar-refractivity contribution in [3.8, 4) is 0 Å². The Bertz CT molecular complexity index is 1180. The number of aliphatic carboxylic acids is 2. The predicted octanol–water partition coefficient (Wildman–Crippen LogP) is 7.64. The molecule has 0 spiro atoms.